The number of carbonyl (C=O) groups is 2. The lowest BCUT2D eigenvalue weighted by molar-refractivity contribution is -0.130. The Kier molecular flexibility index (Phi) is 6.20. The number of carbonyl (C=O) groups excluding carboxylic acids is 2. The van der Waals surface area contributed by atoms with E-state index in [2.05, 4.69) is 51.2 Å². The Labute approximate surface area is 173 Å². The Hall–Kier alpha value is -1.92. The minimum atomic E-state index is -0.0345. The maximum absolute atomic E-state index is 11.9. The lowest BCUT2D eigenvalue weighted by Gasteiger charge is -2.37. The van der Waals surface area contributed by atoms with E-state index in [1.165, 1.54) is 5.56 Å². The van der Waals surface area contributed by atoms with Gasteiger partial charge in [-0.1, -0.05) is 30.3 Å². The van der Waals surface area contributed by atoms with Crippen molar-refractivity contribution >= 4 is 11.8 Å². The third kappa shape index (κ3) is 4.48. The fraction of sp³-hybridized carbons (Fsp3) is 0.652. The smallest absolute Gasteiger partial charge is 0.226 e. The Bertz CT molecular complexity index is 707. The molecule has 0 radical (unpaired) electrons. The van der Waals surface area contributed by atoms with Gasteiger partial charge in [-0.15, -0.1) is 0 Å². The molecule has 158 valence electrons. The molecule has 2 spiro atoms. The Balaban J connectivity index is 0.000000159. The SMILES string of the molecule is O=C1NCCC12CCN(Cc1ccccc1)CC2.O=C1NCCC12CCNCC2. The van der Waals surface area contributed by atoms with Crippen LogP contribution in [0.15, 0.2) is 30.3 Å². The quantitative estimate of drug-likeness (QED) is 0.709. The van der Waals surface area contributed by atoms with E-state index in [9.17, 15) is 9.59 Å². The van der Waals surface area contributed by atoms with Gasteiger partial charge in [0.25, 0.3) is 0 Å². The molecule has 6 nitrogen and oxygen atoms in total. The molecule has 0 saturated carbocycles. The summed E-state index contributed by atoms with van der Waals surface area (Å²) in [7, 11) is 0. The second-order valence-electron chi connectivity index (χ2n) is 9.08. The van der Waals surface area contributed by atoms with Gasteiger partial charge < -0.3 is 16.0 Å². The summed E-state index contributed by atoms with van der Waals surface area (Å²) in [6, 6.07) is 10.6. The molecule has 4 saturated heterocycles. The zero-order chi connectivity index (χ0) is 20.2. The van der Waals surface area contributed by atoms with Crippen LogP contribution in [0.4, 0.5) is 0 Å². The lowest BCUT2D eigenvalue weighted by atomic mass is 9.77. The highest BCUT2D eigenvalue weighted by molar-refractivity contribution is 5.85. The molecule has 0 atom stereocenters. The Morgan fingerprint density at radius 3 is 1.76 bits per heavy atom. The molecule has 4 heterocycles. The summed E-state index contributed by atoms with van der Waals surface area (Å²) in [5.41, 5.74) is 1.35. The second kappa shape index (κ2) is 8.84. The van der Waals surface area contributed by atoms with E-state index >= 15 is 0 Å². The molecule has 4 aliphatic heterocycles. The van der Waals surface area contributed by atoms with Gasteiger partial charge in [-0.05, 0) is 70.3 Å². The van der Waals surface area contributed by atoms with Crippen molar-refractivity contribution in [1.29, 1.82) is 0 Å². The summed E-state index contributed by atoms with van der Waals surface area (Å²) in [6.07, 6.45) is 6.17. The van der Waals surface area contributed by atoms with E-state index in [0.717, 1.165) is 84.3 Å². The molecule has 0 aromatic heterocycles. The summed E-state index contributed by atoms with van der Waals surface area (Å²) >= 11 is 0. The highest BCUT2D eigenvalue weighted by Crippen LogP contribution is 2.38. The number of benzene rings is 1. The number of nitrogens with one attached hydrogen (secondary N) is 3. The summed E-state index contributed by atoms with van der Waals surface area (Å²) in [4.78, 5) is 25.8. The van der Waals surface area contributed by atoms with Gasteiger partial charge in [0, 0.05) is 19.6 Å². The molecule has 0 aliphatic carbocycles. The van der Waals surface area contributed by atoms with E-state index in [1.807, 2.05) is 0 Å². The normalized spacial score (nSPS) is 25.4. The van der Waals surface area contributed by atoms with Crippen LogP contribution in [0.25, 0.3) is 0 Å². The molecule has 4 aliphatic rings. The minimum absolute atomic E-state index is 0.0191. The number of rotatable bonds is 2. The van der Waals surface area contributed by atoms with Gasteiger partial charge in [0.1, 0.15) is 0 Å². The van der Waals surface area contributed by atoms with Crippen molar-refractivity contribution in [3.8, 4) is 0 Å². The fourth-order valence-corrected chi connectivity index (χ4v) is 5.27. The molecule has 4 fully saturated rings. The van der Waals surface area contributed by atoms with Crippen molar-refractivity contribution in [1.82, 2.24) is 20.9 Å². The van der Waals surface area contributed by atoms with Crippen molar-refractivity contribution < 1.29 is 9.59 Å². The van der Waals surface area contributed by atoms with Crippen LogP contribution in [-0.4, -0.2) is 56.0 Å². The van der Waals surface area contributed by atoms with E-state index < -0.39 is 0 Å². The van der Waals surface area contributed by atoms with Crippen LogP contribution in [-0.2, 0) is 16.1 Å². The molecule has 5 rings (SSSR count). The minimum Gasteiger partial charge on any atom is -0.356 e. The first-order chi connectivity index (χ1) is 14.1. The highest BCUT2D eigenvalue weighted by Gasteiger charge is 2.44. The van der Waals surface area contributed by atoms with Gasteiger partial charge in [0.15, 0.2) is 0 Å². The standard InChI is InChI=1S/C15H20N2O.C8H14N2O/c18-14-15(6-9-16-14)7-10-17(11-8-15)12-13-4-2-1-3-5-13;11-7-8(3-6-10-7)1-4-9-5-2-8/h1-5H,6-12H2,(H,16,18);9H,1-6H2,(H,10,11). The summed E-state index contributed by atoms with van der Waals surface area (Å²) in [5, 5.41) is 9.18. The first-order valence-electron chi connectivity index (χ1n) is 11.2. The molecule has 3 N–H and O–H groups in total. The van der Waals surface area contributed by atoms with Crippen molar-refractivity contribution in [2.24, 2.45) is 10.8 Å². The van der Waals surface area contributed by atoms with Gasteiger partial charge >= 0.3 is 0 Å². The lowest BCUT2D eigenvalue weighted by Crippen LogP contribution is -2.43. The highest BCUT2D eigenvalue weighted by atomic mass is 16.2. The molecule has 0 bridgehead atoms. The first-order valence-corrected chi connectivity index (χ1v) is 11.2. The molecular weight excluding hydrogens is 364 g/mol. The van der Waals surface area contributed by atoms with E-state index in [4.69, 9.17) is 0 Å². The summed E-state index contributed by atoms with van der Waals surface area (Å²) < 4.78 is 0. The Morgan fingerprint density at radius 1 is 0.724 bits per heavy atom. The van der Waals surface area contributed by atoms with Crippen molar-refractivity contribution in [3.63, 3.8) is 0 Å². The van der Waals surface area contributed by atoms with Crippen LogP contribution in [0.1, 0.15) is 44.1 Å². The molecule has 1 aromatic carbocycles. The van der Waals surface area contributed by atoms with Crippen LogP contribution < -0.4 is 16.0 Å². The average molecular weight is 399 g/mol. The third-order valence-electron chi connectivity index (χ3n) is 7.36. The van der Waals surface area contributed by atoms with Crippen LogP contribution in [0.5, 0.6) is 0 Å². The number of hydrogen-bond acceptors (Lipinski definition) is 4. The van der Waals surface area contributed by atoms with E-state index in [-0.39, 0.29) is 10.8 Å². The Morgan fingerprint density at radius 2 is 1.24 bits per heavy atom. The topological polar surface area (TPSA) is 73.5 Å². The van der Waals surface area contributed by atoms with Crippen molar-refractivity contribution in [2.75, 3.05) is 39.3 Å². The largest absolute Gasteiger partial charge is 0.356 e. The fourth-order valence-electron chi connectivity index (χ4n) is 5.27. The number of nitrogens with zero attached hydrogens (tertiary/aromatic N) is 1. The predicted molar refractivity (Wildman–Crippen MR) is 113 cm³/mol. The molecule has 1 aromatic rings. The molecule has 2 amide bonds. The van der Waals surface area contributed by atoms with Crippen LogP contribution >= 0.6 is 0 Å². The maximum atomic E-state index is 11.9. The first kappa shape index (κ1) is 20.4. The maximum Gasteiger partial charge on any atom is 0.226 e. The number of amides is 2. The van der Waals surface area contributed by atoms with Crippen LogP contribution in [0, 0.1) is 10.8 Å². The van der Waals surface area contributed by atoms with Gasteiger partial charge in [0.05, 0.1) is 10.8 Å². The summed E-state index contributed by atoms with van der Waals surface area (Å²) in [6.45, 7) is 6.88. The zero-order valence-corrected chi connectivity index (χ0v) is 17.3. The molecule has 6 heteroatoms. The molecule has 0 unspecified atom stereocenters. The second-order valence-corrected chi connectivity index (χ2v) is 9.08. The van der Waals surface area contributed by atoms with E-state index in [0.29, 0.717) is 11.8 Å². The van der Waals surface area contributed by atoms with Gasteiger partial charge in [0.2, 0.25) is 11.8 Å². The predicted octanol–water partition coefficient (Wildman–Crippen LogP) is 1.66. The number of hydrogen-bond donors (Lipinski definition) is 3. The molecular formula is C23H34N4O2. The van der Waals surface area contributed by atoms with Crippen molar-refractivity contribution in [2.45, 2.75) is 45.1 Å². The van der Waals surface area contributed by atoms with Crippen LogP contribution in [0.3, 0.4) is 0 Å². The zero-order valence-electron chi connectivity index (χ0n) is 17.3. The van der Waals surface area contributed by atoms with Gasteiger partial charge in [-0.2, -0.15) is 0 Å². The molecule has 29 heavy (non-hydrogen) atoms. The average Bonchev–Trinajstić information content (AvgIpc) is 3.28. The summed E-state index contributed by atoms with van der Waals surface area (Å²) in [5.74, 6) is 0.584. The number of piperidine rings is 2. The van der Waals surface area contributed by atoms with E-state index in [1.54, 1.807) is 0 Å². The van der Waals surface area contributed by atoms with Gasteiger partial charge in [-0.25, -0.2) is 0 Å². The third-order valence-corrected chi connectivity index (χ3v) is 7.36. The van der Waals surface area contributed by atoms with Gasteiger partial charge in [-0.3, -0.25) is 14.5 Å². The van der Waals surface area contributed by atoms with Crippen molar-refractivity contribution in [3.05, 3.63) is 35.9 Å². The number of likely N-dealkylation sites (tertiary alicyclic amines) is 1. The van der Waals surface area contributed by atoms with Crippen LogP contribution in [0.2, 0.25) is 0 Å². The monoisotopic (exact) mass is 398 g/mol.